The van der Waals surface area contributed by atoms with Crippen LogP contribution < -0.4 is 11.1 Å². The highest BCUT2D eigenvalue weighted by molar-refractivity contribution is 7.80. The van der Waals surface area contributed by atoms with Gasteiger partial charge in [-0.05, 0) is 29.7 Å². The topological polar surface area (TPSA) is 55.1 Å². The Morgan fingerprint density at radius 2 is 1.76 bits per heavy atom. The van der Waals surface area contributed by atoms with Crippen molar-refractivity contribution in [3.05, 3.63) is 65.2 Å². The number of rotatable bonds is 4. The number of benzene rings is 2. The Kier molecular flexibility index (Phi) is 4.70. The van der Waals surface area contributed by atoms with Gasteiger partial charge in [-0.1, -0.05) is 56.4 Å². The molecular formula is C17H18N2OS. The fraction of sp³-hybridized carbons (Fsp3) is 0.176. The molecular weight excluding hydrogens is 280 g/mol. The van der Waals surface area contributed by atoms with Gasteiger partial charge >= 0.3 is 0 Å². The summed E-state index contributed by atoms with van der Waals surface area (Å²) in [4.78, 5) is 12.7. The molecule has 2 aromatic rings. The third kappa shape index (κ3) is 3.67. The second-order valence-corrected chi connectivity index (χ2v) is 5.58. The summed E-state index contributed by atoms with van der Waals surface area (Å²) in [6.07, 6.45) is 0. The minimum absolute atomic E-state index is 0.166. The van der Waals surface area contributed by atoms with Crippen LogP contribution >= 0.6 is 12.2 Å². The third-order valence-electron chi connectivity index (χ3n) is 3.24. The Bertz CT molecular complexity index is 680. The molecule has 0 atom stereocenters. The fourth-order valence-corrected chi connectivity index (χ4v) is 2.25. The maximum Gasteiger partial charge on any atom is 0.255 e. The standard InChI is InChI=1S/C17H18N2OS/c1-11(2)14-8-3-4-9-15(14)19-17(20)13-7-5-6-12(10-13)16(18)21/h3-11H,1-2H3,(H2,18,21)(H,19,20). The molecule has 0 unspecified atom stereocenters. The molecule has 3 nitrogen and oxygen atoms in total. The molecule has 3 N–H and O–H groups in total. The van der Waals surface area contributed by atoms with Gasteiger partial charge in [0.2, 0.25) is 0 Å². The van der Waals surface area contributed by atoms with E-state index >= 15 is 0 Å². The summed E-state index contributed by atoms with van der Waals surface area (Å²) < 4.78 is 0. The summed E-state index contributed by atoms with van der Waals surface area (Å²) in [7, 11) is 0. The molecule has 0 aromatic heterocycles. The van der Waals surface area contributed by atoms with Crippen LogP contribution in [0.2, 0.25) is 0 Å². The van der Waals surface area contributed by atoms with Gasteiger partial charge in [0.1, 0.15) is 4.99 Å². The van der Waals surface area contributed by atoms with Crippen molar-refractivity contribution in [1.29, 1.82) is 0 Å². The van der Waals surface area contributed by atoms with E-state index in [0.717, 1.165) is 11.3 Å². The largest absolute Gasteiger partial charge is 0.389 e. The van der Waals surface area contributed by atoms with Crippen molar-refractivity contribution in [3.8, 4) is 0 Å². The van der Waals surface area contributed by atoms with Crippen LogP contribution in [0, 0.1) is 0 Å². The molecule has 0 fully saturated rings. The SMILES string of the molecule is CC(C)c1ccccc1NC(=O)c1cccc(C(N)=S)c1. The average molecular weight is 298 g/mol. The lowest BCUT2D eigenvalue weighted by atomic mass is 10.0. The number of hydrogen-bond acceptors (Lipinski definition) is 2. The predicted octanol–water partition coefficient (Wildman–Crippen LogP) is 3.70. The third-order valence-corrected chi connectivity index (χ3v) is 3.48. The zero-order chi connectivity index (χ0) is 15.4. The van der Waals surface area contributed by atoms with E-state index < -0.39 is 0 Å². The number of amides is 1. The van der Waals surface area contributed by atoms with E-state index in [1.807, 2.05) is 24.3 Å². The number of anilines is 1. The second kappa shape index (κ2) is 6.50. The van der Waals surface area contributed by atoms with E-state index in [4.69, 9.17) is 18.0 Å². The average Bonchev–Trinajstić information content (AvgIpc) is 2.47. The quantitative estimate of drug-likeness (QED) is 0.846. The van der Waals surface area contributed by atoms with Gasteiger partial charge in [0.05, 0.1) is 0 Å². The van der Waals surface area contributed by atoms with Gasteiger partial charge in [0, 0.05) is 16.8 Å². The minimum atomic E-state index is -0.166. The Labute approximate surface area is 130 Å². The molecule has 0 heterocycles. The highest BCUT2D eigenvalue weighted by Gasteiger charge is 2.11. The molecule has 1 amide bonds. The lowest BCUT2D eigenvalue weighted by molar-refractivity contribution is 0.102. The highest BCUT2D eigenvalue weighted by atomic mass is 32.1. The van der Waals surface area contributed by atoms with Crippen LogP contribution in [0.15, 0.2) is 48.5 Å². The van der Waals surface area contributed by atoms with Gasteiger partial charge in [-0.3, -0.25) is 4.79 Å². The molecule has 0 spiro atoms. The van der Waals surface area contributed by atoms with E-state index in [1.54, 1.807) is 24.3 Å². The first kappa shape index (κ1) is 15.2. The monoisotopic (exact) mass is 298 g/mol. The van der Waals surface area contributed by atoms with Crippen molar-refractivity contribution < 1.29 is 4.79 Å². The van der Waals surface area contributed by atoms with Crippen molar-refractivity contribution in [1.82, 2.24) is 0 Å². The van der Waals surface area contributed by atoms with E-state index in [1.165, 1.54) is 0 Å². The van der Waals surface area contributed by atoms with Gasteiger partial charge < -0.3 is 11.1 Å². The predicted molar refractivity (Wildman–Crippen MR) is 90.8 cm³/mol. The lowest BCUT2D eigenvalue weighted by Gasteiger charge is -2.13. The van der Waals surface area contributed by atoms with Crippen molar-refractivity contribution in [2.45, 2.75) is 19.8 Å². The van der Waals surface area contributed by atoms with Crippen LogP contribution in [0.5, 0.6) is 0 Å². The molecule has 0 aliphatic heterocycles. The van der Waals surface area contributed by atoms with Gasteiger partial charge in [0.15, 0.2) is 0 Å². The number of para-hydroxylation sites is 1. The van der Waals surface area contributed by atoms with Gasteiger partial charge in [-0.2, -0.15) is 0 Å². The molecule has 108 valence electrons. The number of thiocarbonyl (C=S) groups is 1. The van der Waals surface area contributed by atoms with Crippen molar-refractivity contribution in [3.63, 3.8) is 0 Å². The number of hydrogen-bond donors (Lipinski definition) is 2. The summed E-state index contributed by atoms with van der Waals surface area (Å²) in [6.45, 7) is 4.19. The van der Waals surface area contributed by atoms with Crippen molar-refractivity contribution in [2.75, 3.05) is 5.32 Å². The molecule has 2 rings (SSSR count). The molecule has 2 aromatic carbocycles. The number of carbonyl (C=O) groups is 1. The Morgan fingerprint density at radius 1 is 1.10 bits per heavy atom. The minimum Gasteiger partial charge on any atom is -0.389 e. The Morgan fingerprint density at radius 3 is 2.43 bits per heavy atom. The molecule has 4 heteroatoms. The highest BCUT2D eigenvalue weighted by Crippen LogP contribution is 2.24. The zero-order valence-electron chi connectivity index (χ0n) is 12.1. The molecule has 0 radical (unpaired) electrons. The molecule has 0 aliphatic rings. The number of carbonyl (C=O) groups excluding carboxylic acids is 1. The summed E-state index contributed by atoms with van der Waals surface area (Å²) >= 11 is 4.94. The second-order valence-electron chi connectivity index (χ2n) is 5.14. The summed E-state index contributed by atoms with van der Waals surface area (Å²) in [5, 5.41) is 2.95. The van der Waals surface area contributed by atoms with Crippen LogP contribution in [0.4, 0.5) is 5.69 Å². The molecule has 0 bridgehead atoms. The molecule has 0 aliphatic carbocycles. The van der Waals surface area contributed by atoms with E-state index in [-0.39, 0.29) is 10.9 Å². The van der Waals surface area contributed by atoms with E-state index in [0.29, 0.717) is 17.0 Å². The molecule has 0 saturated carbocycles. The van der Waals surface area contributed by atoms with Crippen molar-refractivity contribution >= 4 is 28.8 Å². The van der Waals surface area contributed by atoms with Crippen LogP contribution in [0.3, 0.4) is 0 Å². The number of nitrogens with two attached hydrogens (primary N) is 1. The number of nitrogens with one attached hydrogen (secondary N) is 1. The lowest BCUT2D eigenvalue weighted by Crippen LogP contribution is -2.15. The first-order chi connectivity index (χ1) is 9.99. The Balaban J connectivity index is 2.26. The smallest absolute Gasteiger partial charge is 0.255 e. The first-order valence-corrected chi connectivity index (χ1v) is 7.20. The zero-order valence-corrected chi connectivity index (χ0v) is 12.9. The maximum absolute atomic E-state index is 12.4. The summed E-state index contributed by atoms with van der Waals surface area (Å²) in [5.41, 5.74) is 8.77. The van der Waals surface area contributed by atoms with Crippen LogP contribution in [0.25, 0.3) is 0 Å². The van der Waals surface area contributed by atoms with Crippen LogP contribution in [-0.4, -0.2) is 10.9 Å². The van der Waals surface area contributed by atoms with Gasteiger partial charge in [-0.15, -0.1) is 0 Å². The normalized spacial score (nSPS) is 10.4. The van der Waals surface area contributed by atoms with Crippen molar-refractivity contribution in [2.24, 2.45) is 5.73 Å². The van der Waals surface area contributed by atoms with Gasteiger partial charge in [-0.25, -0.2) is 0 Å². The van der Waals surface area contributed by atoms with E-state index in [2.05, 4.69) is 19.2 Å². The van der Waals surface area contributed by atoms with Gasteiger partial charge in [0.25, 0.3) is 5.91 Å². The van der Waals surface area contributed by atoms with E-state index in [9.17, 15) is 4.79 Å². The first-order valence-electron chi connectivity index (χ1n) is 6.79. The molecule has 21 heavy (non-hydrogen) atoms. The summed E-state index contributed by atoms with van der Waals surface area (Å²) in [5.74, 6) is 0.172. The van der Waals surface area contributed by atoms with Crippen LogP contribution in [-0.2, 0) is 0 Å². The molecule has 0 saturated heterocycles. The fourth-order valence-electron chi connectivity index (χ4n) is 2.12. The summed E-state index contributed by atoms with van der Waals surface area (Å²) in [6, 6.07) is 14.8. The maximum atomic E-state index is 12.4. The van der Waals surface area contributed by atoms with Crippen LogP contribution in [0.1, 0.15) is 41.3 Å². The Hall–Kier alpha value is -2.20.